The largest absolute Gasteiger partial charge is 0.493 e. The molecule has 1 aromatic carbocycles. The predicted octanol–water partition coefficient (Wildman–Crippen LogP) is 4.67. The molecule has 37 heavy (non-hydrogen) atoms. The molecule has 1 N–H and O–H groups in total. The second kappa shape index (κ2) is 12.0. The van der Waals surface area contributed by atoms with Crippen LogP contribution in [-0.2, 0) is 33.6 Å². The third-order valence-corrected chi connectivity index (χ3v) is 8.19. The smallest absolute Gasteiger partial charge is 0.306 e. The summed E-state index contributed by atoms with van der Waals surface area (Å²) in [6, 6.07) is 10.7. The van der Waals surface area contributed by atoms with Crippen molar-refractivity contribution in [2.45, 2.75) is 70.1 Å². The first-order valence-corrected chi connectivity index (χ1v) is 13.9. The van der Waals surface area contributed by atoms with Gasteiger partial charge in [-0.3, -0.25) is 9.59 Å². The summed E-state index contributed by atoms with van der Waals surface area (Å²) in [7, 11) is 1.45. The maximum absolute atomic E-state index is 12.9. The summed E-state index contributed by atoms with van der Waals surface area (Å²) in [4.78, 5) is 31.8. The Morgan fingerprint density at radius 3 is 2.84 bits per heavy atom. The minimum Gasteiger partial charge on any atom is -0.493 e. The highest BCUT2D eigenvalue weighted by atomic mass is 16.5. The van der Waals surface area contributed by atoms with Gasteiger partial charge in [0, 0.05) is 38.2 Å². The molecule has 2 aromatic rings. The summed E-state index contributed by atoms with van der Waals surface area (Å²) < 4.78 is 10.8. The third kappa shape index (κ3) is 6.43. The number of carbonyl (C=O) groups excluding carboxylic acids is 2. The van der Waals surface area contributed by atoms with Crippen molar-refractivity contribution in [3.8, 4) is 5.75 Å². The zero-order chi connectivity index (χ0) is 25.6. The number of carbonyl (C=O) groups is 2. The molecule has 4 heterocycles. The number of ether oxygens (including phenoxy) is 2. The average Bonchev–Trinajstić information content (AvgIpc) is 3.41. The van der Waals surface area contributed by atoms with Crippen LogP contribution in [0, 0.1) is 5.92 Å². The van der Waals surface area contributed by atoms with Crippen LogP contribution in [0.3, 0.4) is 0 Å². The van der Waals surface area contributed by atoms with E-state index in [1.807, 2.05) is 4.90 Å². The highest BCUT2D eigenvalue weighted by molar-refractivity contribution is 5.76. The Labute approximate surface area is 219 Å². The maximum atomic E-state index is 12.9. The number of nitrogens with zero attached hydrogens (tertiary/aromatic N) is 2. The molecular formula is C30H39N3O4. The minimum atomic E-state index is -0.178. The lowest BCUT2D eigenvalue weighted by Gasteiger charge is -2.34. The summed E-state index contributed by atoms with van der Waals surface area (Å²) in [6.45, 7) is 3.31. The Hall–Kier alpha value is -3.09. The molecule has 1 saturated heterocycles. The number of aryl methyl sites for hydroxylation is 2. The Bertz CT molecular complexity index is 1110. The summed E-state index contributed by atoms with van der Waals surface area (Å²) in [5, 5.41) is 3.39. The van der Waals surface area contributed by atoms with Gasteiger partial charge in [0.25, 0.3) is 0 Å². The summed E-state index contributed by atoms with van der Waals surface area (Å²) >= 11 is 0. The van der Waals surface area contributed by atoms with Crippen LogP contribution in [0.4, 0.5) is 5.82 Å². The minimum absolute atomic E-state index is 0.104. The molecule has 1 unspecified atom stereocenters. The standard InChI is InChI=1S/C30H39N3O4/c1-36-29(35)20-25(24-8-7-22-13-17-37-27(22)19-24)18-21-11-15-33(16-12-21)28(34)6-2-5-26-10-9-23-4-3-14-31-30(23)32-26/h7-10,19,21,25H,2-6,11-18,20H2,1H3,(H,31,32). The molecule has 1 aromatic heterocycles. The van der Waals surface area contributed by atoms with Crippen molar-refractivity contribution in [3.63, 3.8) is 0 Å². The number of methoxy groups -OCH3 is 1. The van der Waals surface area contributed by atoms with E-state index in [2.05, 4.69) is 35.6 Å². The Morgan fingerprint density at radius 1 is 1.16 bits per heavy atom. The molecular weight excluding hydrogens is 466 g/mol. The molecule has 0 bridgehead atoms. The van der Waals surface area contributed by atoms with E-state index >= 15 is 0 Å². The van der Waals surface area contributed by atoms with E-state index in [0.29, 0.717) is 18.8 Å². The van der Waals surface area contributed by atoms with Crippen LogP contribution in [0.2, 0.25) is 0 Å². The number of nitrogens with one attached hydrogen (secondary N) is 1. The molecule has 1 fully saturated rings. The van der Waals surface area contributed by atoms with Gasteiger partial charge >= 0.3 is 5.97 Å². The van der Waals surface area contributed by atoms with Crippen LogP contribution < -0.4 is 10.1 Å². The van der Waals surface area contributed by atoms with Crippen molar-refractivity contribution in [2.24, 2.45) is 5.92 Å². The highest BCUT2D eigenvalue weighted by Gasteiger charge is 2.28. The monoisotopic (exact) mass is 505 g/mol. The molecule has 1 atom stereocenters. The van der Waals surface area contributed by atoms with Gasteiger partial charge in [-0.05, 0) is 85.6 Å². The van der Waals surface area contributed by atoms with Crippen molar-refractivity contribution in [1.82, 2.24) is 9.88 Å². The van der Waals surface area contributed by atoms with Gasteiger partial charge in [-0.2, -0.15) is 0 Å². The number of pyridine rings is 1. The molecule has 0 radical (unpaired) electrons. The van der Waals surface area contributed by atoms with Gasteiger partial charge < -0.3 is 19.7 Å². The number of likely N-dealkylation sites (tertiary alicyclic amines) is 1. The summed E-state index contributed by atoms with van der Waals surface area (Å²) in [5.41, 5.74) is 4.75. The zero-order valence-corrected chi connectivity index (χ0v) is 22.0. The average molecular weight is 506 g/mol. The maximum Gasteiger partial charge on any atom is 0.306 e. The van der Waals surface area contributed by atoms with Crippen LogP contribution >= 0.6 is 0 Å². The van der Waals surface area contributed by atoms with E-state index in [0.717, 1.165) is 100 Å². The number of esters is 1. The fourth-order valence-electron chi connectivity index (χ4n) is 5.97. The van der Waals surface area contributed by atoms with Gasteiger partial charge in [0.2, 0.25) is 5.91 Å². The van der Waals surface area contributed by atoms with Crippen LogP contribution in [0.25, 0.3) is 0 Å². The van der Waals surface area contributed by atoms with E-state index in [1.165, 1.54) is 18.2 Å². The zero-order valence-electron chi connectivity index (χ0n) is 22.0. The lowest BCUT2D eigenvalue weighted by atomic mass is 9.82. The second-order valence-electron chi connectivity index (χ2n) is 10.7. The summed E-state index contributed by atoms with van der Waals surface area (Å²) in [6.07, 6.45) is 8.68. The van der Waals surface area contributed by atoms with Gasteiger partial charge in [0.15, 0.2) is 0 Å². The molecule has 198 valence electrons. The second-order valence-corrected chi connectivity index (χ2v) is 10.7. The van der Waals surface area contributed by atoms with Crippen molar-refractivity contribution < 1.29 is 19.1 Å². The third-order valence-electron chi connectivity index (χ3n) is 8.19. The quantitative estimate of drug-likeness (QED) is 0.499. The van der Waals surface area contributed by atoms with Crippen molar-refractivity contribution in [3.05, 3.63) is 52.7 Å². The number of anilines is 1. The lowest BCUT2D eigenvalue weighted by molar-refractivity contribution is -0.141. The Morgan fingerprint density at radius 2 is 2.00 bits per heavy atom. The number of rotatable bonds is 9. The number of piperidine rings is 1. The van der Waals surface area contributed by atoms with Gasteiger partial charge in [0.1, 0.15) is 11.6 Å². The van der Waals surface area contributed by atoms with E-state index in [1.54, 1.807) is 0 Å². The number of hydrogen-bond acceptors (Lipinski definition) is 6. The van der Waals surface area contributed by atoms with E-state index in [-0.39, 0.29) is 17.8 Å². The van der Waals surface area contributed by atoms with Crippen LogP contribution in [0.5, 0.6) is 5.75 Å². The molecule has 7 heteroatoms. The van der Waals surface area contributed by atoms with E-state index in [9.17, 15) is 9.59 Å². The topological polar surface area (TPSA) is 80.8 Å². The number of hydrogen-bond donors (Lipinski definition) is 1. The normalized spacial score (nSPS) is 17.8. The first-order valence-electron chi connectivity index (χ1n) is 13.9. The first-order chi connectivity index (χ1) is 18.1. The van der Waals surface area contributed by atoms with E-state index < -0.39 is 0 Å². The number of amides is 1. The van der Waals surface area contributed by atoms with Crippen LogP contribution in [0.1, 0.15) is 73.2 Å². The fourth-order valence-corrected chi connectivity index (χ4v) is 5.97. The molecule has 3 aliphatic heterocycles. The van der Waals surface area contributed by atoms with Crippen molar-refractivity contribution in [2.75, 3.05) is 38.7 Å². The van der Waals surface area contributed by atoms with Gasteiger partial charge in [0.05, 0.1) is 20.1 Å². The molecule has 0 saturated carbocycles. The molecule has 5 rings (SSSR count). The van der Waals surface area contributed by atoms with Gasteiger partial charge in [-0.1, -0.05) is 18.2 Å². The van der Waals surface area contributed by atoms with Crippen LogP contribution in [-0.4, -0.2) is 55.1 Å². The molecule has 0 spiro atoms. The van der Waals surface area contributed by atoms with E-state index in [4.69, 9.17) is 14.5 Å². The number of benzene rings is 1. The number of fused-ring (bicyclic) bond motifs is 2. The van der Waals surface area contributed by atoms with Crippen LogP contribution in [0.15, 0.2) is 30.3 Å². The molecule has 3 aliphatic rings. The fraction of sp³-hybridized carbons (Fsp3) is 0.567. The lowest BCUT2D eigenvalue weighted by Crippen LogP contribution is -2.38. The predicted molar refractivity (Wildman–Crippen MR) is 143 cm³/mol. The Balaban J connectivity index is 1.10. The van der Waals surface area contributed by atoms with Gasteiger partial charge in [-0.15, -0.1) is 0 Å². The number of aromatic nitrogens is 1. The Kier molecular flexibility index (Phi) is 8.27. The molecule has 1 amide bonds. The summed E-state index contributed by atoms with van der Waals surface area (Å²) in [5.74, 6) is 2.64. The SMILES string of the molecule is COC(=O)CC(CC1CCN(C(=O)CCCc2ccc3c(n2)NCCC3)CC1)c1ccc2c(c1)OCC2. The highest BCUT2D eigenvalue weighted by Crippen LogP contribution is 2.36. The van der Waals surface area contributed by atoms with Crippen molar-refractivity contribution >= 4 is 17.7 Å². The molecule has 0 aliphatic carbocycles. The van der Waals surface area contributed by atoms with Crippen molar-refractivity contribution in [1.29, 1.82) is 0 Å². The van der Waals surface area contributed by atoms with Gasteiger partial charge in [-0.25, -0.2) is 4.98 Å². The first kappa shape index (κ1) is 25.6. The molecule has 7 nitrogen and oxygen atoms in total.